The molecule has 7 heteroatoms. The fourth-order valence-electron chi connectivity index (χ4n) is 1.47. The Morgan fingerprint density at radius 2 is 2.00 bits per heavy atom. The van der Waals surface area contributed by atoms with E-state index in [1.165, 1.54) is 11.8 Å². The van der Waals surface area contributed by atoms with Crippen molar-refractivity contribution in [2.45, 2.75) is 17.4 Å². The quantitative estimate of drug-likeness (QED) is 0.657. The van der Waals surface area contributed by atoms with E-state index in [0.717, 1.165) is 4.90 Å². The summed E-state index contributed by atoms with van der Waals surface area (Å²) in [5.74, 6) is -2.63. The smallest absolute Gasteiger partial charge is 0.326 e. The van der Waals surface area contributed by atoms with E-state index in [1.54, 1.807) is 24.3 Å². The molecule has 2 amide bonds. The first-order chi connectivity index (χ1) is 8.95. The minimum Gasteiger partial charge on any atom is -0.480 e. The average Bonchev–Trinajstić information content (AvgIpc) is 2.37. The summed E-state index contributed by atoms with van der Waals surface area (Å²) in [7, 11) is 0. The fourth-order valence-corrected chi connectivity index (χ4v) is 2.06. The molecule has 0 fully saturated rings. The molecule has 1 aromatic carbocycles. The zero-order chi connectivity index (χ0) is 14.4. The van der Waals surface area contributed by atoms with Gasteiger partial charge in [0.15, 0.2) is 0 Å². The number of thioether (sulfide) groups is 1. The highest BCUT2D eigenvalue weighted by Gasteiger charge is 2.23. The van der Waals surface area contributed by atoms with Crippen LogP contribution >= 0.6 is 11.8 Å². The van der Waals surface area contributed by atoms with Crippen LogP contribution in [0.4, 0.5) is 0 Å². The van der Waals surface area contributed by atoms with Gasteiger partial charge in [0.1, 0.15) is 6.04 Å². The Morgan fingerprint density at radius 1 is 1.37 bits per heavy atom. The van der Waals surface area contributed by atoms with E-state index in [9.17, 15) is 14.4 Å². The van der Waals surface area contributed by atoms with Crippen LogP contribution in [-0.4, -0.2) is 35.2 Å². The number of primary amides is 1. The van der Waals surface area contributed by atoms with Crippen LogP contribution in [0.2, 0.25) is 0 Å². The minimum atomic E-state index is -1.32. The van der Waals surface area contributed by atoms with Crippen molar-refractivity contribution in [2.24, 2.45) is 5.73 Å². The first-order valence-corrected chi connectivity index (χ1v) is 6.63. The molecule has 102 valence electrons. The van der Waals surface area contributed by atoms with E-state index in [-0.39, 0.29) is 0 Å². The van der Waals surface area contributed by atoms with Crippen molar-refractivity contribution in [2.75, 3.05) is 6.26 Å². The van der Waals surface area contributed by atoms with E-state index in [0.29, 0.717) is 5.56 Å². The topological polar surface area (TPSA) is 109 Å². The monoisotopic (exact) mass is 282 g/mol. The Bertz CT molecular complexity index is 504. The summed E-state index contributed by atoms with van der Waals surface area (Å²) in [5.41, 5.74) is 5.31. The van der Waals surface area contributed by atoms with E-state index >= 15 is 0 Å². The van der Waals surface area contributed by atoms with Gasteiger partial charge in [-0.3, -0.25) is 9.59 Å². The predicted octanol–water partition coefficient (Wildman–Crippen LogP) is 0.467. The molecule has 1 atom stereocenters. The number of hydrogen-bond acceptors (Lipinski definition) is 4. The number of carbonyl (C=O) groups excluding carboxylic acids is 2. The number of carboxylic acid groups (broad SMARTS) is 1. The second kappa shape index (κ2) is 6.79. The van der Waals surface area contributed by atoms with Crippen molar-refractivity contribution in [3.8, 4) is 0 Å². The number of aliphatic carboxylic acids is 1. The van der Waals surface area contributed by atoms with Crippen molar-refractivity contribution in [1.29, 1.82) is 0 Å². The van der Waals surface area contributed by atoms with Crippen molar-refractivity contribution in [3.05, 3.63) is 29.8 Å². The highest BCUT2D eigenvalue weighted by molar-refractivity contribution is 7.98. The Hall–Kier alpha value is -2.02. The standard InChI is InChI=1S/C12H14N2O4S/c1-19-9-5-3-2-4-7(9)11(16)14-8(12(17)18)6-10(13)15/h2-5,8H,6H2,1H3,(H2,13,15)(H,14,16)(H,17,18). The van der Waals surface area contributed by atoms with Gasteiger partial charge in [-0.15, -0.1) is 11.8 Å². The zero-order valence-corrected chi connectivity index (χ0v) is 11.1. The van der Waals surface area contributed by atoms with Crippen LogP contribution in [-0.2, 0) is 9.59 Å². The van der Waals surface area contributed by atoms with Crippen LogP contribution in [0.1, 0.15) is 16.8 Å². The number of nitrogens with one attached hydrogen (secondary N) is 1. The predicted molar refractivity (Wildman–Crippen MR) is 70.9 cm³/mol. The summed E-state index contributed by atoms with van der Waals surface area (Å²) in [6.07, 6.45) is 1.37. The molecule has 0 aliphatic carbocycles. The summed E-state index contributed by atoms with van der Waals surface area (Å²) in [6, 6.07) is 5.48. The molecule has 0 aromatic heterocycles. The van der Waals surface area contributed by atoms with Crippen LogP contribution in [0.5, 0.6) is 0 Å². The van der Waals surface area contributed by atoms with Gasteiger partial charge in [-0.2, -0.15) is 0 Å². The van der Waals surface area contributed by atoms with Crippen molar-refractivity contribution >= 4 is 29.5 Å². The maximum Gasteiger partial charge on any atom is 0.326 e. The molecule has 1 unspecified atom stereocenters. The van der Waals surface area contributed by atoms with Crippen molar-refractivity contribution in [1.82, 2.24) is 5.32 Å². The molecular formula is C12H14N2O4S. The minimum absolute atomic E-state index is 0.366. The molecule has 0 radical (unpaired) electrons. The summed E-state index contributed by atoms with van der Waals surface area (Å²) in [4.78, 5) is 34.4. The third-order valence-electron chi connectivity index (χ3n) is 2.36. The van der Waals surface area contributed by atoms with Gasteiger partial charge in [0, 0.05) is 4.90 Å². The van der Waals surface area contributed by atoms with Gasteiger partial charge < -0.3 is 16.2 Å². The van der Waals surface area contributed by atoms with Crippen LogP contribution in [0, 0.1) is 0 Å². The number of benzene rings is 1. The molecule has 0 saturated carbocycles. The first kappa shape index (κ1) is 15.0. The number of amides is 2. The molecule has 0 spiro atoms. The van der Waals surface area contributed by atoms with Crippen LogP contribution in [0.25, 0.3) is 0 Å². The molecule has 6 nitrogen and oxygen atoms in total. The second-order valence-electron chi connectivity index (χ2n) is 3.74. The van der Waals surface area contributed by atoms with Gasteiger partial charge in [-0.25, -0.2) is 4.79 Å². The fraction of sp³-hybridized carbons (Fsp3) is 0.250. The number of carboxylic acids is 1. The Kier molecular flexibility index (Phi) is 5.37. The largest absolute Gasteiger partial charge is 0.480 e. The lowest BCUT2D eigenvalue weighted by Gasteiger charge is -2.14. The number of rotatable bonds is 6. The molecule has 0 aliphatic heterocycles. The maximum atomic E-state index is 12.0. The second-order valence-corrected chi connectivity index (χ2v) is 4.58. The summed E-state index contributed by atoms with van der Waals surface area (Å²) in [5, 5.41) is 11.2. The third-order valence-corrected chi connectivity index (χ3v) is 3.16. The maximum absolute atomic E-state index is 12.0. The highest BCUT2D eigenvalue weighted by Crippen LogP contribution is 2.19. The zero-order valence-electron chi connectivity index (χ0n) is 10.3. The lowest BCUT2D eigenvalue weighted by Crippen LogP contribution is -2.43. The molecule has 0 bridgehead atoms. The van der Waals surface area contributed by atoms with Gasteiger partial charge in [0.2, 0.25) is 5.91 Å². The van der Waals surface area contributed by atoms with Gasteiger partial charge in [-0.1, -0.05) is 12.1 Å². The van der Waals surface area contributed by atoms with Crippen molar-refractivity contribution < 1.29 is 19.5 Å². The molecule has 4 N–H and O–H groups in total. The molecule has 0 heterocycles. The molecule has 19 heavy (non-hydrogen) atoms. The van der Waals surface area contributed by atoms with Crippen LogP contribution in [0.3, 0.4) is 0 Å². The lowest BCUT2D eigenvalue weighted by molar-refractivity contribution is -0.140. The number of carbonyl (C=O) groups is 3. The lowest BCUT2D eigenvalue weighted by atomic mass is 10.1. The third kappa shape index (κ3) is 4.29. The summed E-state index contributed by atoms with van der Waals surface area (Å²) in [6.45, 7) is 0. The van der Waals surface area contributed by atoms with Crippen LogP contribution in [0.15, 0.2) is 29.2 Å². The Morgan fingerprint density at radius 3 is 2.53 bits per heavy atom. The molecule has 1 aromatic rings. The van der Waals surface area contributed by atoms with Crippen molar-refractivity contribution in [3.63, 3.8) is 0 Å². The van der Waals surface area contributed by atoms with E-state index < -0.39 is 30.2 Å². The van der Waals surface area contributed by atoms with Gasteiger partial charge in [0.05, 0.1) is 12.0 Å². The summed E-state index contributed by atoms with van der Waals surface area (Å²) < 4.78 is 0. The molecule has 0 aliphatic rings. The molecule has 0 saturated heterocycles. The van der Waals surface area contributed by atoms with Gasteiger partial charge >= 0.3 is 5.97 Å². The number of nitrogens with two attached hydrogens (primary N) is 1. The SMILES string of the molecule is CSc1ccccc1C(=O)NC(CC(N)=O)C(=O)O. The Labute approximate surface area is 114 Å². The van der Waals surface area contributed by atoms with Gasteiger partial charge in [0.25, 0.3) is 5.91 Å². The average molecular weight is 282 g/mol. The molecular weight excluding hydrogens is 268 g/mol. The normalized spacial score (nSPS) is 11.6. The highest BCUT2D eigenvalue weighted by atomic mass is 32.2. The van der Waals surface area contributed by atoms with E-state index in [2.05, 4.69) is 5.32 Å². The van der Waals surface area contributed by atoms with Gasteiger partial charge in [-0.05, 0) is 18.4 Å². The molecule has 1 rings (SSSR count). The van der Waals surface area contributed by atoms with Crippen LogP contribution < -0.4 is 11.1 Å². The number of hydrogen-bond donors (Lipinski definition) is 3. The first-order valence-electron chi connectivity index (χ1n) is 5.40. The Balaban J connectivity index is 2.87. The van der Waals surface area contributed by atoms with E-state index in [4.69, 9.17) is 10.8 Å². The van der Waals surface area contributed by atoms with E-state index in [1.807, 2.05) is 6.26 Å². The summed E-state index contributed by atoms with van der Waals surface area (Å²) >= 11 is 1.37.